The smallest absolute Gasteiger partial charge is 0.317 e. The fraction of sp³-hybridized carbons (Fsp3) is 0.350. The predicted molar refractivity (Wildman–Crippen MR) is 94.6 cm³/mol. The summed E-state index contributed by atoms with van der Waals surface area (Å²) in [6.45, 7) is 0.770. The molecule has 0 bridgehead atoms. The predicted octanol–water partition coefficient (Wildman–Crippen LogP) is 3.28. The molecule has 0 radical (unpaired) electrons. The number of rotatable bonds is 7. The van der Waals surface area contributed by atoms with E-state index >= 15 is 0 Å². The summed E-state index contributed by atoms with van der Waals surface area (Å²) in [5.74, 6) is -0.339. The van der Waals surface area contributed by atoms with Crippen LogP contribution < -0.4 is 5.32 Å². The monoisotopic (exact) mass is 342 g/mol. The standard InChI is InChI=1S/C20H23FN2O2/c21-17-8-6-16(7-9-17)19(24)14-23(18-10-11-18)20(25)22-13-12-15-4-2-1-3-5-15/h1-9,18-19,24H,10-14H2,(H,22,25). The van der Waals surface area contributed by atoms with Crippen LogP contribution in [0.2, 0.25) is 0 Å². The molecule has 5 heteroatoms. The lowest BCUT2D eigenvalue weighted by Crippen LogP contribution is -2.44. The Kier molecular flexibility index (Phi) is 5.66. The normalized spacial score (nSPS) is 14.8. The van der Waals surface area contributed by atoms with Crippen LogP contribution in [-0.4, -0.2) is 35.2 Å². The molecule has 0 aliphatic heterocycles. The van der Waals surface area contributed by atoms with Gasteiger partial charge in [-0.1, -0.05) is 42.5 Å². The number of aliphatic hydroxyl groups excluding tert-OH is 1. The van der Waals surface area contributed by atoms with Crippen LogP contribution in [0.3, 0.4) is 0 Å². The largest absolute Gasteiger partial charge is 0.387 e. The van der Waals surface area contributed by atoms with Crippen LogP contribution in [0.5, 0.6) is 0 Å². The maximum atomic E-state index is 13.0. The minimum absolute atomic E-state index is 0.153. The average molecular weight is 342 g/mol. The summed E-state index contributed by atoms with van der Waals surface area (Å²) in [5.41, 5.74) is 1.79. The highest BCUT2D eigenvalue weighted by atomic mass is 19.1. The molecular weight excluding hydrogens is 319 g/mol. The van der Waals surface area contributed by atoms with E-state index < -0.39 is 6.10 Å². The van der Waals surface area contributed by atoms with Crippen molar-refractivity contribution in [3.05, 3.63) is 71.5 Å². The van der Waals surface area contributed by atoms with E-state index in [4.69, 9.17) is 0 Å². The minimum Gasteiger partial charge on any atom is -0.387 e. The zero-order chi connectivity index (χ0) is 17.6. The van der Waals surface area contributed by atoms with Crippen molar-refractivity contribution < 1.29 is 14.3 Å². The van der Waals surface area contributed by atoms with E-state index in [2.05, 4.69) is 5.32 Å². The second-order valence-electron chi connectivity index (χ2n) is 6.42. The van der Waals surface area contributed by atoms with Gasteiger partial charge >= 0.3 is 6.03 Å². The number of urea groups is 1. The van der Waals surface area contributed by atoms with Crippen LogP contribution in [-0.2, 0) is 6.42 Å². The van der Waals surface area contributed by atoms with Gasteiger partial charge in [-0.15, -0.1) is 0 Å². The van der Waals surface area contributed by atoms with Crippen LogP contribution in [0.1, 0.15) is 30.1 Å². The van der Waals surface area contributed by atoms with Crippen molar-refractivity contribution in [3.8, 4) is 0 Å². The SMILES string of the molecule is O=C(NCCc1ccccc1)N(CC(O)c1ccc(F)cc1)C1CC1. The lowest BCUT2D eigenvalue weighted by Gasteiger charge is -2.25. The molecule has 1 aliphatic rings. The molecule has 25 heavy (non-hydrogen) atoms. The van der Waals surface area contributed by atoms with Gasteiger partial charge in [-0.3, -0.25) is 0 Å². The number of benzene rings is 2. The summed E-state index contributed by atoms with van der Waals surface area (Å²) in [4.78, 5) is 14.2. The van der Waals surface area contributed by atoms with Crippen molar-refractivity contribution >= 4 is 6.03 Å². The lowest BCUT2D eigenvalue weighted by molar-refractivity contribution is 0.118. The van der Waals surface area contributed by atoms with Crippen LogP contribution in [0.4, 0.5) is 9.18 Å². The van der Waals surface area contributed by atoms with E-state index in [0.29, 0.717) is 12.1 Å². The fourth-order valence-electron chi connectivity index (χ4n) is 2.82. The van der Waals surface area contributed by atoms with Gasteiger partial charge in [-0.2, -0.15) is 0 Å². The Morgan fingerprint density at radius 1 is 1.16 bits per heavy atom. The van der Waals surface area contributed by atoms with Crippen molar-refractivity contribution in [1.29, 1.82) is 0 Å². The third-order valence-electron chi connectivity index (χ3n) is 4.41. The number of carbonyl (C=O) groups excluding carboxylic acids is 1. The molecule has 2 amide bonds. The summed E-state index contributed by atoms with van der Waals surface area (Å²) in [7, 11) is 0. The molecule has 132 valence electrons. The van der Waals surface area contributed by atoms with Crippen molar-refractivity contribution in [1.82, 2.24) is 10.2 Å². The molecule has 4 nitrogen and oxygen atoms in total. The number of aliphatic hydroxyl groups is 1. The quantitative estimate of drug-likeness (QED) is 0.811. The van der Waals surface area contributed by atoms with Gasteiger partial charge < -0.3 is 15.3 Å². The Balaban J connectivity index is 1.53. The van der Waals surface area contributed by atoms with Crippen LogP contribution >= 0.6 is 0 Å². The Morgan fingerprint density at radius 2 is 1.84 bits per heavy atom. The molecule has 0 aromatic heterocycles. The van der Waals surface area contributed by atoms with E-state index in [1.807, 2.05) is 30.3 Å². The first-order valence-electron chi connectivity index (χ1n) is 8.65. The molecule has 0 saturated heterocycles. The highest BCUT2D eigenvalue weighted by Gasteiger charge is 2.33. The molecule has 1 saturated carbocycles. The van der Waals surface area contributed by atoms with Crippen LogP contribution in [0.15, 0.2) is 54.6 Å². The van der Waals surface area contributed by atoms with Gasteiger partial charge in [0.2, 0.25) is 0 Å². The maximum absolute atomic E-state index is 13.0. The third-order valence-corrected chi connectivity index (χ3v) is 4.41. The minimum atomic E-state index is -0.818. The Hall–Kier alpha value is -2.40. The van der Waals surface area contributed by atoms with E-state index in [1.54, 1.807) is 17.0 Å². The highest BCUT2D eigenvalue weighted by molar-refractivity contribution is 5.75. The average Bonchev–Trinajstić information content (AvgIpc) is 3.46. The number of nitrogens with zero attached hydrogens (tertiary/aromatic N) is 1. The fourth-order valence-corrected chi connectivity index (χ4v) is 2.82. The lowest BCUT2D eigenvalue weighted by atomic mass is 10.1. The number of hydrogen-bond acceptors (Lipinski definition) is 2. The van der Waals surface area contributed by atoms with Crippen LogP contribution in [0.25, 0.3) is 0 Å². The van der Waals surface area contributed by atoms with Gasteiger partial charge in [0.05, 0.1) is 12.6 Å². The van der Waals surface area contributed by atoms with Gasteiger partial charge in [-0.05, 0) is 42.5 Å². The van der Waals surface area contributed by atoms with Crippen LogP contribution in [0, 0.1) is 5.82 Å². The van der Waals surface area contributed by atoms with E-state index in [1.165, 1.54) is 17.7 Å². The Bertz CT molecular complexity index is 687. The molecule has 2 aromatic rings. The number of amides is 2. The molecule has 1 fully saturated rings. The summed E-state index contributed by atoms with van der Waals surface area (Å²) in [6.07, 6.45) is 1.87. The second kappa shape index (κ2) is 8.12. The molecule has 2 aromatic carbocycles. The molecule has 3 rings (SSSR count). The van der Waals surface area contributed by atoms with Gasteiger partial charge in [0.15, 0.2) is 0 Å². The molecule has 1 atom stereocenters. The van der Waals surface area contributed by atoms with Crippen molar-refractivity contribution in [3.63, 3.8) is 0 Å². The molecule has 0 spiro atoms. The molecule has 1 aliphatic carbocycles. The number of halogens is 1. The zero-order valence-electron chi connectivity index (χ0n) is 14.1. The van der Waals surface area contributed by atoms with Gasteiger partial charge in [0.25, 0.3) is 0 Å². The second-order valence-corrected chi connectivity index (χ2v) is 6.42. The van der Waals surface area contributed by atoms with Gasteiger partial charge in [-0.25, -0.2) is 9.18 Å². The number of hydrogen-bond donors (Lipinski definition) is 2. The first kappa shape index (κ1) is 17.4. The van der Waals surface area contributed by atoms with E-state index in [9.17, 15) is 14.3 Å². The van der Waals surface area contributed by atoms with Crippen molar-refractivity contribution in [2.75, 3.05) is 13.1 Å². The summed E-state index contributed by atoms with van der Waals surface area (Å²) >= 11 is 0. The molecule has 2 N–H and O–H groups in total. The van der Waals surface area contributed by atoms with Crippen molar-refractivity contribution in [2.24, 2.45) is 0 Å². The van der Waals surface area contributed by atoms with Gasteiger partial charge in [0.1, 0.15) is 5.82 Å². The molecule has 0 heterocycles. The van der Waals surface area contributed by atoms with Crippen molar-refractivity contribution in [2.45, 2.75) is 31.4 Å². The highest BCUT2D eigenvalue weighted by Crippen LogP contribution is 2.29. The first-order valence-corrected chi connectivity index (χ1v) is 8.65. The maximum Gasteiger partial charge on any atom is 0.317 e. The van der Waals surface area contributed by atoms with E-state index in [-0.39, 0.29) is 24.4 Å². The third kappa shape index (κ3) is 5.03. The summed E-state index contributed by atoms with van der Waals surface area (Å²) in [5, 5.41) is 13.3. The van der Waals surface area contributed by atoms with Gasteiger partial charge in [0, 0.05) is 12.6 Å². The Morgan fingerprint density at radius 3 is 2.48 bits per heavy atom. The summed E-state index contributed by atoms with van der Waals surface area (Å²) in [6, 6.07) is 15.8. The summed E-state index contributed by atoms with van der Waals surface area (Å²) < 4.78 is 13.0. The molecule has 1 unspecified atom stereocenters. The van der Waals surface area contributed by atoms with E-state index in [0.717, 1.165) is 19.3 Å². The first-order chi connectivity index (χ1) is 12.1. The Labute approximate surface area is 147 Å². The molecular formula is C20H23FN2O2. The zero-order valence-corrected chi connectivity index (χ0v) is 14.1. The topological polar surface area (TPSA) is 52.6 Å². The number of carbonyl (C=O) groups is 1. The number of nitrogens with one attached hydrogen (secondary N) is 1.